The first-order valence-electron chi connectivity index (χ1n) is 5.64. The van der Waals surface area contributed by atoms with Crippen LogP contribution in [0.3, 0.4) is 0 Å². The fourth-order valence-electron chi connectivity index (χ4n) is 2.10. The standard InChI is InChI=1S/C12H14F3NO2/c13-12(14,15)18-10-4-2-1-3-9(10)11(17,7-16)8-5-6-8/h1-4,8,17H,5-7,16H2. The van der Waals surface area contributed by atoms with E-state index in [-0.39, 0.29) is 23.8 Å². The number of hydrogen-bond donors (Lipinski definition) is 2. The monoisotopic (exact) mass is 261 g/mol. The maximum atomic E-state index is 12.3. The highest BCUT2D eigenvalue weighted by atomic mass is 19.4. The van der Waals surface area contributed by atoms with Crippen molar-refractivity contribution in [3.05, 3.63) is 29.8 Å². The molecule has 3 nitrogen and oxygen atoms in total. The van der Waals surface area contributed by atoms with Crippen LogP contribution in [0.15, 0.2) is 24.3 Å². The molecule has 0 radical (unpaired) electrons. The van der Waals surface area contributed by atoms with Crippen LogP contribution in [-0.4, -0.2) is 18.0 Å². The zero-order valence-electron chi connectivity index (χ0n) is 9.57. The average Bonchev–Trinajstić information content (AvgIpc) is 3.10. The van der Waals surface area contributed by atoms with Crippen LogP contribution in [0.25, 0.3) is 0 Å². The van der Waals surface area contributed by atoms with E-state index in [0.717, 1.165) is 12.8 Å². The maximum absolute atomic E-state index is 12.3. The lowest BCUT2D eigenvalue weighted by Gasteiger charge is -2.29. The van der Waals surface area contributed by atoms with Crippen molar-refractivity contribution in [2.24, 2.45) is 11.7 Å². The highest BCUT2D eigenvalue weighted by Crippen LogP contribution is 2.48. The van der Waals surface area contributed by atoms with Gasteiger partial charge in [-0.25, -0.2) is 0 Å². The summed E-state index contributed by atoms with van der Waals surface area (Å²) in [6, 6.07) is 5.59. The molecule has 100 valence electrons. The van der Waals surface area contributed by atoms with E-state index in [4.69, 9.17) is 5.73 Å². The molecular formula is C12H14F3NO2. The molecule has 18 heavy (non-hydrogen) atoms. The van der Waals surface area contributed by atoms with E-state index in [2.05, 4.69) is 4.74 Å². The van der Waals surface area contributed by atoms with Gasteiger partial charge in [0.1, 0.15) is 11.4 Å². The minimum Gasteiger partial charge on any atom is -0.405 e. The van der Waals surface area contributed by atoms with Crippen LogP contribution >= 0.6 is 0 Å². The van der Waals surface area contributed by atoms with Crippen LogP contribution in [0.1, 0.15) is 18.4 Å². The number of halogens is 3. The van der Waals surface area contributed by atoms with Gasteiger partial charge in [-0.05, 0) is 24.8 Å². The number of para-hydroxylation sites is 1. The van der Waals surface area contributed by atoms with Crippen LogP contribution in [0.4, 0.5) is 13.2 Å². The second-order valence-corrected chi connectivity index (χ2v) is 4.45. The third kappa shape index (κ3) is 2.59. The molecule has 1 aliphatic rings. The molecule has 1 fully saturated rings. The first-order chi connectivity index (χ1) is 8.37. The van der Waals surface area contributed by atoms with E-state index < -0.39 is 12.0 Å². The summed E-state index contributed by atoms with van der Waals surface area (Å²) in [6.45, 7) is -0.129. The Morgan fingerprint density at radius 3 is 2.39 bits per heavy atom. The molecule has 0 aliphatic heterocycles. The Morgan fingerprint density at radius 2 is 1.89 bits per heavy atom. The normalized spacial score (nSPS) is 19.4. The van der Waals surface area contributed by atoms with Gasteiger partial charge in [-0.15, -0.1) is 13.2 Å². The summed E-state index contributed by atoms with van der Waals surface area (Å²) in [5.74, 6) is -0.481. The van der Waals surface area contributed by atoms with Gasteiger partial charge in [0, 0.05) is 12.1 Å². The Balaban J connectivity index is 2.37. The number of hydrogen-bond acceptors (Lipinski definition) is 3. The van der Waals surface area contributed by atoms with Gasteiger partial charge >= 0.3 is 6.36 Å². The van der Waals surface area contributed by atoms with Gasteiger partial charge in [0.05, 0.1) is 0 Å². The zero-order valence-corrected chi connectivity index (χ0v) is 9.57. The zero-order chi connectivity index (χ0) is 13.4. The van der Waals surface area contributed by atoms with Crippen molar-refractivity contribution < 1.29 is 23.0 Å². The predicted octanol–water partition coefficient (Wildman–Crippen LogP) is 2.14. The quantitative estimate of drug-likeness (QED) is 0.873. The number of alkyl halides is 3. The molecule has 3 N–H and O–H groups in total. The molecule has 2 rings (SSSR count). The second kappa shape index (κ2) is 4.44. The molecule has 0 amide bonds. The first-order valence-corrected chi connectivity index (χ1v) is 5.64. The highest BCUT2D eigenvalue weighted by Gasteiger charge is 2.46. The summed E-state index contributed by atoms with van der Waals surface area (Å²) in [7, 11) is 0. The number of benzene rings is 1. The first kappa shape index (κ1) is 13.2. The van der Waals surface area contributed by atoms with Gasteiger partial charge < -0.3 is 15.6 Å². The number of ether oxygens (including phenoxy) is 1. The SMILES string of the molecule is NCC(O)(c1ccccc1OC(F)(F)F)C1CC1. The van der Waals surface area contributed by atoms with Gasteiger partial charge in [-0.1, -0.05) is 18.2 Å². The molecule has 1 saturated carbocycles. The van der Waals surface area contributed by atoms with E-state index >= 15 is 0 Å². The minimum atomic E-state index is -4.78. The lowest BCUT2D eigenvalue weighted by Crippen LogP contribution is -2.38. The topological polar surface area (TPSA) is 55.5 Å². The molecule has 0 spiro atoms. The van der Waals surface area contributed by atoms with E-state index in [1.54, 1.807) is 6.07 Å². The van der Waals surface area contributed by atoms with Gasteiger partial charge in [-0.2, -0.15) is 0 Å². The lowest BCUT2D eigenvalue weighted by molar-refractivity contribution is -0.275. The third-order valence-electron chi connectivity index (χ3n) is 3.14. The molecular weight excluding hydrogens is 247 g/mol. The molecule has 1 aromatic rings. The van der Waals surface area contributed by atoms with Crippen molar-refractivity contribution >= 4 is 0 Å². The molecule has 0 saturated heterocycles. The summed E-state index contributed by atoms with van der Waals surface area (Å²) >= 11 is 0. The maximum Gasteiger partial charge on any atom is 0.573 e. The Bertz CT molecular complexity index is 432. The van der Waals surface area contributed by atoms with Crippen LogP contribution in [0.2, 0.25) is 0 Å². The molecule has 0 aromatic heterocycles. The molecule has 1 unspecified atom stereocenters. The Morgan fingerprint density at radius 1 is 1.28 bits per heavy atom. The van der Waals surface area contributed by atoms with Crippen molar-refractivity contribution in [2.75, 3.05) is 6.54 Å². The van der Waals surface area contributed by atoms with Crippen LogP contribution in [0.5, 0.6) is 5.75 Å². The van der Waals surface area contributed by atoms with Gasteiger partial charge in [-0.3, -0.25) is 0 Å². The van der Waals surface area contributed by atoms with E-state index in [1.807, 2.05) is 0 Å². The van der Waals surface area contributed by atoms with Crippen molar-refractivity contribution in [2.45, 2.75) is 24.8 Å². The lowest BCUT2D eigenvalue weighted by atomic mass is 9.88. The summed E-state index contributed by atoms with van der Waals surface area (Å²) in [5.41, 5.74) is 4.19. The third-order valence-corrected chi connectivity index (χ3v) is 3.14. The van der Waals surface area contributed by atoms with E-state index in [1.165, 1.54) is 18.2 Å². The van der Waals surface area contributed by atoms with Crippen molar-refractivity contribution in [1.82, 2.24) is 0 Å². The number of aliphatic hydroxyl groups is 1. The van der Waals surface area contributed by atoms with Crippen LogP contribution < -0.4 is 10.5 Å². The Hall–Kier alpha value is -1.27. The molecule has 1 atom stereocenters. The molecule has 1 aliphatic carbocycles. The van der Waals surface area contributed by atoms with Crippen LogP contribution in [0, 0.1) is 5.92 Å². The van der Waals surface area contributed by atoms with E-state index in [0.29, 0.717) is 0 Å². The smallest absolute Gasteiger partial charge is 0.405 e. The number of nitrogens with two attached hydrogens (primary N) is 1. The highest BCUT2D eigenvalue weighted by molar-refractivity contribution is 5.39. The van der Waals surface area contributed by atoms with Gasteiger partial charge in [0.2, 0.25) is 0 Å². The molecule has 0 bridgehead atoms. The summed E-state index contributed by atoms with van der Waals surface area (Å²) in [4.78, 5) is 0. The average molecular weight is 261 g/mol. The molecule has 1 aromatic carbocycles. The summed E-state index contributed by atoms with van der Waals surface area (Å²) in [6.07, 6.45) is -3.27. The van der Waals surface area contributed by atoms with Crippen molar-refractivity contribution in [1.29, 1.82) is 0 Å². The number of rotatable bonds is 4. The van der Waals surface area contributed by atoms with Crippen molar-refractivity contribution in [3.8, 4) is 5.75 Å². The van der Waals surface area contributed by atoms with E-state index in [9.17, 15) is 18.3 Å². The molecule has 6 heteroatoms. The largest absolute Gasteiger partial charge is 0.573 e. The van der Waals surface area contributed by atoms with Gasteiger partial charge in [0.25, 0.3) is 0 Å². The summed E-state index contributed by atoms with van der Waals surface area (Å²) < 4.78 is 40.8. The fraction of sp³-hybridized carbons (Fsp3) is 0.500. The predicted molar refractivity (Wildman–Crippen MR) is 58.8 cm³/mol. The summed E-state index contributed by atoms with van der Waals surface area (Å²) in [5, 5.41) is 10.4. The van der Waals surface area contributed by atoms with Crippen LogP contribution in [-0.2, 0) is 5.60 Å². The van der Waals surface area contributed by atoms with Gasteiger partial charge in [0.15, 0.2) is 0 Å². The minimum absolute atomic E-state index is 0.0968. The van der Waals surface area contributed by atoms with Crippen molar-refractivity contribution in [3.63, 3.8) is 0 Å². The Kier molecular flexibility index (Phi) is 3.25. The Labute approximate surface area is 102 Å². The fourth-order valence-corrected chi connectivity index (χ4v) is 2.10. The molecule has 0 heterocycles. The second-order valence-electron chi connectivity index (χ2n) is 4.45.